The highest BCUT2D eigenvalue weighted by Gasteiger charge is 2.33. The molecule has 2 aliphatic rings. The van der Waals surface area contributed by atoms with Gasteiger partial charge in [-0.15, -0.1) is 11.8 Å². The van der Waals surface area contributed by atoms with Crippen molar-refractivity contribution in [3.63, 3.8) is 0 Å². The van der Waals surface area contributed by atoms with Crippen LogP contribution < -0.4 is 16.3 Å². The first-order valence-electron chi connectivity index (χ1n) is 11.5. The monoisotopic (exact) mass is 499 g/mol. The number of pyridine rings is 1. The third-order valence-corrected chi connectivity index (χ3v) is 7.91. The minimum absolute atomic E-state index is 0.0189. The summed E-state index contributed by atoms with van der Waals surface area (Å²) in [6, 6.07) is 11.0. The van der Waals surface area contributed by atoms with E-state index in [1.54, 1.807) is 12.1 Å². The summed E-state index contributed by atoms with van der Waals surface area (Å²) in [4.78, 5) is 28.9. The summed E-state index contributed by atoms with van der Waals surface area (Å²) in [7, 11) is 0. The zero-order valence-corrected chi connectivity index (χ0v) is 20.2. The lowest BCUT2D eigenvalue weighted by Gasteiger charge is -2.36. The van der Waals surface area contributed by atoms with E-state index in [2.05, 4.69) is 15.6 Å². The Bertz CT molecular complexity index is 1290. The SMILES string of the molecule is O=C1CSc2ccc(CN[C@H]3CC[C@](O)(CCc4cc(Cl)cc5ccc(=O)oc45)CC3)nc2N1. The predicted octanol–water partition coefficient (Wildman–Crippen LogP) is 4.28. The van der Waals surface area contributed by atoms with Crippen LogP contribution in [0.2, 0.25) is 5.02 Å². The standard InChI is InChI=1S/C25H26ClN3O4S/c26-17-11-15-1-4-22(31)33-23(15)16(12-17)5-8-25(32)9-6-18(7-10-25)27-13-19-2-3-20-24(28-19)29-21(30)14-34-20/h1-4,11-12,18,27,32H,5-10,13-14H2,(H,28,29,30)/t18-,25+. The third kappa shape index (κ3) is 5.30. The Kier molecular flexibility index (Phi) is 6.66. The number of rotatable bonds is 6. The molecule has 1 amide bonds. The molecule has 0 spiro atoms. The normalized spacial score (nSPS) is 22.4. The predicted molar refractivity (Wildman–Crippen MR) is 133 cm³/mol. The van der Waals surface area contributed by atoms with E-state index < -0.39 is 11.2 Å². The summed E-state index contributed by atoms with van der Waals surface area (Å²) in [5.41, 5.74) is 1.13. The molecule has 5 rings (SSSR count). The average Bonchev–Trinajstić information content (AvgIpc) is 2.82. The summed E-state index contributed by atoms with van der Waals surface area (Å²) in [6.45, 7) is 0.616. The fraction of sp³-hybridized carbons (Fsp3) is 0.400. The number of amides is 1. The number of hydrogen-bond acceptors (Lipinski definition) is 7. The zero-order valence-electron chi connectivity index (χ0n) is 18.6. The van der Waals surface area contributed by atoms with E-state index in [9.17, 15) is 14.7 Å². The van der Waals surface area contributed by atoms with Gasteiger partial charge in [-0.05, 0) is 74.4 Å². The molecule has 1 aliphatic heterocycles. The van der Waals surface area contributed by atoms with Gasteiger partial charge in [-0.1, -0.05) is 11.6 Å². The van der Waals surface area contributed by atoms with Crippen LogP contribution in [0.1, 0.15) is 43.4 Å². The molecule has 0 saturated heterocycles. The van der Waals surface area contributed by atoms with Crippen molar-refractivity contribution >= 4 is 46.1 Å². The molecule has 0 atom stereocenters. The maximum absolute atomic E-state index is 11.7. The van der Waals surface area contributed by atoms with E-state index in [0.717, 1.165) is 34.4 Å². The van der Waals surface area contributed by atoms with E-state index in [1.165, 1.54) is 17.8 Å². The molecule has 3 heterocycles. The fourth-order valence-electron chi connectivity index (χ4n) is 4.73. The Morgan fingerprint density at radius 2 is 2.03 bits per heavy atom. The van der Waals surface area contributed by atoms with Crippen LogP contribution in [0.3, 0.4) is 0 Å². The minimum atomic E-state index is -0.756. The molecule has 7 nitrogen and oxygen atoms in total. The summed E-state index contributed by atoms with van der Waals surface area (Å²) in [5.74, 6) is 1.05. The minimum Gasteiger partial charge on any atom is -0.422 e. The molecule has 1 aromatic carbocycles. The van der Waals surface area contributed by atoms with Crippen LogP contribution in [0.4, 0.5) is 5.82 Å². The first-order chi connectivity index (χ1) is 16.4. The van der Waals surface area contributed by atoms with Crippen molar-refractivity contribution < 1.29 is 14.3 Å². The highest BCUT2D eigenvalue weighted by atomic mass is 35.5. The number of carbonyl (C=O) groups is 1. The Labute approximate surface area is 206 Å². The largest absolute Gasteiger partial charge is 0.422 e. The van der Waals surface area contributed by atoms with Gasteiger partial charge in [0.05, 0.1) is 21.9 Å². The lowest BCUT2D eigenvalue weighted by molar-refractivity contribution is -0.113. The molecule has 34 heavy (non-hydrogen) atoms. The van der Waals surface area contributed by atoms with Crippen LogP contribution in [-0.4, -0.2) is 33.4 Å². The van der Waals surface area contributed by atoms with E-state index >= 15 is 0 Å². The third-order valence-electron chi connectivity index (χ3n) is 6.64. The second-order valence-electron chi connectivity index (χ2n) is 9.10. The number of anilines is 1. The smallest absolute Gasteiger partial charge is 0.336 e. The van der Waals surface area contributed by atoms with E-state index in [0.29, 0.717) is 60.4 Å². The Hall–Kier alpha value is -2.39. The molecule has 1 fully saturated rings. The highest BCUT2D eigenvalue weighted by Crippen LogP contribution is 2.34. The Balaban J connectivity index is 1.16. The van der Waals surface area contributed by atoms with Gasteiger partial charge in [0.1, 0.15) is 11.4 Å². The maximum Gasteiger partial charge on any atom is 0.336 e. The van der Waals surface area contributed by atoms with Crippen molar-refractivity contribution in [3.05, 3.63) is 63.1 Å². The van der Waals surface area contributed by atoms with Crippen molar-refractivity contribution in [2.45, 2.75) is 61.6 Å². The number of fused-ring (bicyclic) bond motifs is 2. The first-order valence-corrected chi connectivity index (χ1v) is 12.8. The zero-order chi connectivity index (χ0) is 23.7. The Morgan fingerprint density at radius 3 is 2.85 bits per heavy atom. The van der Waals surface area contributed by atoms with Crippen LogP contribution in [0.15, 0.2) is 50.5 Å². The number of aliphatic hydroxyl groups is 1. The number of hydrogen-bond donors (Lipinski definition) is 3. The fourth-order valence-corrected chi connectivity index (χ4v) is 5.73. The van der Waals surface area contributed by atoms with Crippen molar-refractivity contribution in [1.29, 1.82) is 0 Å². The van der Waals surface area contributed by atoms with Crippen molar-refractivity contribution in [1.82, 2.24) is 10.3 Å². The molecule has 3 aromatic rings. The molecule has 1 saturated carbocycles. The number of benzene rings is 1. The van der Waals surface area contributed by atoms with Crippen LogP contribution in [0, 0.1) is 0 Å². The number of carbonyl (C=O) groups excluding carboxylic acids is 1. The van der Waals surface area contributed by atoms with Gasteiger partial charge in [0.2, 0.25) is 5.91 Å². The molecule has 0 unspecified atom stereocenters. The first kappa shape index (κ1) is 23.4. The molecule has 178 valence electrons. The number of aryl methyl sites for hydroxylation is 1. The molecule has 2 aromatic heterocycles. The number of nitrogens with zero attached hydrogens (tertiary/aromatic N) is 1. The maximum atomic E-state index is 11.7. The van der Waals surface area contributed by atoms with Gasteiger partial charge in [0.15, 0.2) is 0 Å². The number of thioether (sulfide) groups is 1. The molecule has 9 heteroatoms. The number of halogens is 1. The Morgan fingerprint density at radius 1 is 1.21 bits per heavy atom. The lowest BCUT2D eigenvalue weighted by atomic mass is 9.78. The van der Waals surface area contributed by atoms with Crippen molar-refractivity contribution in [3.8, 4) is 0 Å². The van der Waals surface area contributed by atoms with E-state index in [-0.39, 0.29) is 5.91 Å². The van der Waals surface area contributed by atoms with E-state index in [1.807, 2.05) is 18.2 Å². The number of aromatic nitrogens is 1. The second-order valence-corrected chi connectivity index (χ2v) is 10.6. The van der Waals surface area contributed by atoms with Crippen molar-refractivity contribution in [2.75, 3.05) is 11.1 Å². The highest BCUT2D eigenvalue weighted by molar-refractivity contribution is 8.00. The molecular weight excluding hydrogens is 474 g/mol. The van der Waals surface area contributed by atoms with Crippen molar-refractivity contribution in [2.24, 2.45) is 0 Å². The average molecular weight is 500 g/mol. The molecule has 1 aliphatic carbocycles. The topological polar surface area (TPSA) is 104 Å². The van der Waals surface area contributed by atoms with Gasteiger partial charge in [-0.2, -0.15) is 0 Å². The summed E-state index contributed by atoms with van der Waals surface area (Å²) >= 11 is 7.76. The van der Waals surface area contributed by atoms with E-state index in [4.69, 9.17) is 16.0 Å². The molecular formula is C25H26ClN3O4S. The van der Waals surface area contributed by atoms with Crippen LogP contribution in [0.25, 0.3) is 11.0 Å². The van der Waals surface area contributed by atoms with Crippen LogP contribution in [-0.2, 0) is 17.8 Å². The summed E-state index contributed by atoms with van der Waals surface area (Å²) in [5, 5.41) is 18.9. The summed E-state index contributed by atoms with van der Waals surface area (Å²) in [6.07, 6.45) is 4.27. The summed E-state index contributed by atoms with van der Waals surface area (Å²) < 4.78 is 5.42. The van der Waals surface area contributed by atoms with Gasteiger partial charge < -0.3 is 20.2 Å². The quantitative estimate of drug-likeness (QED) is 0.435. The second kappa shape index (κ2) is 9.70. The number of nitrogens with one attached hydrogen (secondary N) is 2. The van der Waals surface area contributed by atoms with Crippen LogP contribution >= 0.6 is 23.4 Å². The molecule has 0 bridgehead atoms. The molecule has 3 N–H and O–H groups in total. The molecule has 0 radical (unpaired) electrons. The van der Waals surface area contributed by atoms with Gasteiger partial charge in [0, 0.05) is 29.1 Å². The van der Waals surface area contributed by atoms with Gasteiger partial charge in [0.25, 0.3) is 0 Å². The van der Waals surface area contributed by atoms with Crippen LogP contribution in [0.5, 0.6) is 0 Å². The van der Waals surface area contributed by atoms with Gasteiger partial charge >= 0.3 is 5.63 Å². The van der Waals surface area contributed by atoms with Gasteiger partial charge in [-0.3, -0.25) is 4.79 Å². The van der Waals surface area contributed by atoms with Gasteiger partial charge in [-0.25, -0.2) is 9.78 Å². The lowest BCUT2D eigenvalue weighted by Crippen LogP contribution is -2.41.